The van der Waals surface area contributed by atoms with Crippen LogP contribution in [-0.4, -0.2) is 11.2 Å². The molecule has 18 heavy (non-hydrogen) atoms. The summed E-state index contributed by atoms with van der Waals surface area (Å²) in [5.41, 5.74) is 0.396. The molecule has 2 saturated carbocycles. The molecule has 104 valence electrons. The molecule has 1 nitrogen and oxygen atoms in total. The Morgan fingerprint density at radius 1 is 1.33 bits per heavy atom. The van der Waals surface area contributed by atoms with Crippen LogP contribution in [0.5, 0.6) is 0 Å². The summed E-state index contributed by atoms with van der Waals surface area (Å²) in [5.74, 6) is 2.03. The summed E-state index contributed by atoms with van der Waals surface area (Å²) >= 11 is 0. The van der Waals surface area contributed by atoms with Gasteiger partial charge in [0.15, 0.2) is 0 Å². The van der Waals surface area contributed by atoms with Crippen molar-refractivity contribution >= 4 is 0 Å². The summed E-state index contributed by atoms with van der Waals surface area (Å²) in [6.07, 6.45) is 13.4. The normalized spacial score (nSPS) is 42.1. The van der Waals surface area contributed by atoms with Crippen LogP contribution >= 0.6 is 0 Å². The van der Waals surface area contributed by atoms with E-state index in [1.54, 1.807) is 0 Å². The van der Waals surface area contributed by atoms with Crippen LogP contribution in [0.2, 0.25) is 0 Å². The molecule has 0 aromatic carbocycles. The third-order valence-electron chi connectivity index (χ3n) is 5.69. The van der Waals surface area contributed by atoms with Crippen LogP contribution in [0.1, 0.15) is 65.7 Å². The predicted molar refractivity (Wildman–Crippen MR) is 77.4 cm³/mol. The molecule has 0 bridgehead atoms. The number of aliphatic hydroxyl groups excluding tert-OH is 1. The van der Waals surface area contributed by atoms with Crippen molar-refractivity contribution in [2.75, 3.05) is 0 Å². The van der Waals surface area contributed by atoms with E-state index in [0.717, 1.165) is 12.3 Å². The molecule has 2 rings (SSSR count). The Morgan fingerprint density at radius 3 is 2.83 bits per heavy atom. The molecule has 5 atom stereocenters. The minimum atomic E-state index is -0.0272. The molecule has 0 spiro atoms. The topological polar surface area (TPSA) is 20.2 Å². The van der Waals surface area contributed by atoms with Gasteiger partial charge in [0, 0.05) is 0 Å². The molecule has 0 aromatic heterocycles. The first-order valence-electron chi connectivity index (χ1n) is 7.94. The number of unbranched alkanes of at least 4 members (excludes halogenated alkanes) is 1. The molecular formula is C17H30O. The minimum Gasteiger partial charge on any atom is -0.393 e. The van der Waals surface area contributed by atoms with Crippen LogP contribution < -0.4 is 0 Å². The van der Waals surface area contributed by atoms with Crippen molar-refractivity contribution in [3.8, 4) is 0 Å². The summed E-state index contributed by atoms with van der Waals surface area (Å²) in [6, 6.07) is 0. The molecule has 1 N–H and O–H groups in total. The zero-order chi connectivity index (χ0) is 13.2. The smallest absolute Gasteiger partial charge is 0.0573 e. The minimum absolute atomic E-state index is 0.0272. The van der Waals surface area contributed by atoms with Gasteiger partial charge in [-0.3, -0.25) is 0 Å². The lowest BCUT2D eigenvalue weighted by Gasteiger charge is -2.44. The van der Waals surface area contributed by atoms with Gasteiger partial charge in [0.2, 0.25) is 0 Å². The number of aliphatic hydroxyl groups is 1. The van der Waals surface area contributed by atoms with Crippen LogP contribution in [-0.2, 0) is 0 Å². The Hall–Kier alpha value is -0.300. The largest absolute Gasteiger partial charge is 0.393 e. The Labute approximate surface area is 113 Å². The first-order valence-corrected chi connectivity index (χ1v) is 7.94. The maximum atomic E-state index is 10.2. The van der Waals surface area contributed by atoms with E-state index in [1.165, 1.54) is 38.5 Å². The lowest BCUT2D eigenvalue weighted by molar-refractivity contribution is -0.0231. The maximum Gasteiger partial charge on any atom is 0.0573 e. The SMILES string of the molecule is CCC/C=C/[C@H](C)C1CCC2[C@@H](O)CCC[C@]12C. The van der Waals surface area contributed by atoms with Crippen LogP contribution in [0, 0.1) is 23.2 Å². The zero-order valence-corrected chi connectivity index (χ0v) is 12.4. The van der Waals surface area contributed by atoms with Crippen molar-refractivity contribution in [2.24, 2.45) is 23.2 Å². The van der Waals surface area contributed by atoms with Crippen molar-refractivity contribution in [3.63, 3.8) is 0 Å². The fourth-order valence-electron chi connectivity index (χ4n) is 4.66. The average molecular weight is 250 g/mol. The molecule has 0 aliphatic heterocycles. The molecule has 0 radical (unpaired) electrons. The fraction of sp³-hybridized carbons (Fsp3) is 0.882. The second-order valence-electron chi connectivity index (χ2n) is 6.83. The highest BCUT2D eigenvalue weighted by Crippen LogP contribution is 2.57. The lowest BCUT2D eigenvalue weighted by atomic mass is 9.62. The van der Waals surface area contributed by atoms with E-state index in [0.29, 0.717) is 17.3 Å². The average Bonchev–Trinajstić information content (AvgIpc) is 2.68. The van der Waals surface area contributed by atoms with E-state index >= 15 is 0 Å². The third kappa shape index (κ3) is 2.52. The van der Waals surface area contributed by atoms with Crippen LogP contribution in [0.15, 0.2) is 12.2 Å². The fourth-order valence-corrected chi connectivity index (χ4v) is 4.66. The second-order valence-corrected chi connectivity index (χ2v) is 6.83. The summed E-state index contributed by atoms with van der Waals surface area (Å²) < 4.78 is 0. The van der Waals surface area contributed by atoms with Gasteiger partial charge in [0.25, 0.3) is 0 Å². The number of rotatable bonds is 4. The van der Waals surface area contributed by atoms with Gasteiger partial charge in [-0.25, -0.2) is 0 Å². The van der Waals surface area contributed by atoms with E-state index in [-0.39, 0.29) is 6.10 Å². The van der Waals surface area contributed by atoms with Gasteiger partial charge in [0.05, 0.1) is 6.10 Å². The third-order valence-corrected chi connectivity index (χ3v) is 5.69. The number of hydrogen-bond acceptors (Lipinski definition) is 1. The Morgan fingerprint density at radius 2 is 2.11 bits per heavy atom. The first kappa shape index (κ1) is 14.1. The van der Waals surface area contributed by atoms with Gasteiger partial charge in [0.1, 0.15) is 0 Å². The van der Waals surface area contributed by atoms with Crippen molar-refractivity contribution < 1.29 is 5.11 Å². The van der Waals surface area contributed by atoms with Gasteiger partial charge in [-0.2, -0.15) is 0 Å². The molecule has 0 heterocycles. The van der Waals surface area contributed by atoms with Gasteiger partial charge in [-0.15, -0.1) is 0 Å². The quantitative estimate of drug-likeness (QED) is 0.725. The van der Waals surface area contributed by atoms with Crippen molar-refractivity contribution in [1.29, 1.82) is 0 Å². The molecule has 0 saturated heterocycles. The first-order chi connectivity index (χ1) is 8.59. The maximum absolute atomic E-state index is 10.2. The monoisotopic (exact) mass is 250 g/mol. The van der Waals surface area contributed by atoms with Crippen LogP contribution in [0.4, 0.5) is 0 Å². The lowest BCUT2D eigenvalue weighted by Crippen LogP contribution is -2.41. The van der Waals surface area contributed by atoms with Gasteiger partial charge >= 0.3 is 0 Å². The van der Waals surface area contributed by atoms with Gasteiger partial charge in [-0.05, 0) is 55.3 Å². The molecule has 1 heteroatoms. The van der Waals surface area contributed by atoms with E-state index in [4.69, 9.17) is 0 Å². The van der Waals surface area contributed by atoms with Gasteiger partial charge in [-0.1, -0.05) is 45.8 Å². The summed E-state index contributed by atoms with van der Waals surface area (Å²) in [5, 5.41) is 10.2. The predicted octanol–water partition coefficient (Wildman–Crippen LogP) is 4.56. The standard InChI is InChI=1S/C17H30O/c1-4-5-6-8-13(2)14-10-11-15-16(18)9-7-12-17(14,15)3/h6,8,13-16,18H,4-5,7,9-12H2,1-3H3/b8-6+/t13-,14?,15?,16-,17+/m0/s1. The summed E-state index contributed by atoms with van der Waals surface area (Å²) in [6.45, 7) is 7.06. The molecule has 2 unspecified atom stereocenters. The van der Waals surface area contributed by atoms with E-state index < -0.39 is 0 Å². The summed E-state index contributed by atoms with van der Waals surface area (Å²) in [7, 11) is 0. The van der Waals surface area contributed by atoms with Crippen molar-refractivity contribution in [1.82, 2.24) is 0 Å². The Balaban J connectivity index is 2.05. The molecular weight excluding hydrogens is 220 g/mol. The van der Waals surface area contributed by atoms with Crippen LogP contribution in [0.3, 0.4) is 0 Å². The number of allylic oxidation sites excluding steroid dienone is 2. The highest BCUT2D eigenvalue weighted by molar-refractivity contribution is 5.05. The van der Waals surface area contributed by atoms with Crippen molar-refractivity contribution in [2.45, 2.75) is 71.8 Å². The van der Waals surface area contributed by atoms with E-state index in [2.05, 4.69) is 32.9 Å². The molecule has 0 amide bonds. The highest BCUT2D eigenvalue weighted by atomic mass is 16.3. The van der Waals surface area contributed by atoms with Gasteiger partial charge < -0.3 is 5.11 Å². The molecule has 2 aliphatic rings. The highest BCUT2D eigenvalue weighted by Gasteiger charge is 2.51. The van der Waals surface area contributed by atoms with E-state index in [9.17, 15) is 5.11 Å². The van der Waals surface area contributed by atoms with E-state index in [1.807, 2.05) is 0 Å². The molecule has 2 fully saturated rings. The Bertz CT molecular complexity index is 296. The van der Waals surface area contributed by atoms with Crippen LogP contribution in [0.25, 0.3) is 0 Å². The summed E-state index contributed by atoms with van der Waals surface area (Å²) in [4.78, 5) is 0. The number of fused-ring (bicyclic) bond motifs is 1. The second kappa shape index (κ2) is 5.77. The number of hydrogen-bond donors (Lipinski definition) is 1. The zero-order valence-electron chi connectivity index (χ0n) is 12.4. The van der Waals surface area contributed by atoms with Crippen molar-refractivity contribution in [3.05, 3.63) is 12.2 Å². The molecule has 2 aliphatic carbocycles. The molecule has 0 aromatic rings. The Kier molecular flexibility index (Phi) is 4.53.